The third-order valence-electron chi connectivity index (χ3n) is 1.21. The number of hydrogen-bond donors (Lipinski definition) is 0. The summed E-state index contributed by atoms with van der Waals surface area (Å²) in [5.41, 5.74) is 0. The van der Waals surface area contributed by atoms with E-state index in [0.717, 1.165) is 5.75 Å². The van der Waals surface area contributed by atoms with E-state index in [0.29, 0.717) is 0 Å². The molecule has 0 aromatic heterocycles. The third-order valence-corrected chi connectivity index (χ3v) is 2.60. The summed E-state index contributed by atoms with van der Waals surface area (Å²) < 4.78 is 10.6. The van der Waals surface area contributed by atoms with Crippen molar-refractivity contribution in [2.75, 3.05) is 0 Å². The SMILES string of the molecule is CC(C)OP(Cl)Oc1ccccc1. The average molecular weight is 219 g/mol. The quantitative estimate of drug-likeness (QED) is 0.713. The molecule has 0 fully saturated rings. The van der Waals surface area contributed by atoms with Crippen LogP contribution in [0.2, 0.25) is 0 Å². The van der Waals surface area contributed by atoms with Gasteiger partial charge in [0, 0.05) is 0 Å². The lowest BCUT2D eigenvalue weighted by molar-refractivity contribution is 0.252. The Morgan fingerprint density at radius 1 is 1.23 bits per heavy atom. The van der Waals surface area contributed by atoms with Crippen molar-refractivity contribution in [3.05, 3.63) is 30.3 Å². The number of para-hydroxylation sites is 1. The van der Waals surface area contributed by atoms with Crippen LogP contribution in [0.5, 0.6) is 5.75 Å². The summed E-state index contributed by atoms with van der Waals surface area (Å²) in [5, 5.41) is 0. The molecule has 1 unspecified atom stereocenters. The highest BCUT2D eigenvalue weighted by molar-refractivity contribution is 7.76. The van der Waals surface area contributed by atoms with Crippen LogP contribution in [-0.4, -0.2) is 6.10 Å². The van der Waals surface area contributed by atoms with E-state index < -0.39 is 7.73 Å². The Hall–Kier alpha value is -0.300. The van der Waals surface area contributed by atoms with Gasteiger partial charge in [0.05, 0.1) is 6.10 Å². The van der Waals surface area contributed by atoms with Crippen LogP contribution in [0.4, 0.5) is 0 Å². The molecule has 0 aliphatic rings. The lowest BCUT2D eigenvalue weighted by Gasteiger charge is -2.13. The summed E-state index contributed by atoms with van der Waals surface area (Å²) >= 11 is 5.83. The first-order valence-electron chi connectivity index (χ1n) is 4.04. The van der Waals surface area contributed by atoms with E-state index in [9.17, 15) is 0 Å². The smallest absolute Gasteiger partial charge is 0.338 e. The molecule has 1 aromatic rings. The normalized spacial score (nSPS) is 12.9. The second-order valence-electron chi connectivity index (χ2n) is 2.77. The van der Waals surface area contributed by atoms with Gasteiger partial charge in [-0.25, -0.2) is 0 Å². The molecule has 0 radical (unpaired) electrons. The highest BCUT2D eigenvalue weighted by atomic mass is 35.7. The summed E-state index contributed by atoms with van der Waals surface area (Å²) in [4.78, 5) is 0. The summed E-state index contributed by atoms with van der Waals surface area (Å²) in [7, 11) is -1.32. The Labute approximate surface area is 84.5 Å². The molecule has 0 heterocycles. The van der Waals surface area contributed by atoms with Crippen molar-refractivity contribution in [1.82, 2.24) is 0 Å². The molecule has 0 saturated carbocycles. The third kappa shape index (κ3) is 4.47. The number of rotatable bonds is 4. The lowest BCUT2D eigenvalue weighted by atomic mass is 10.3. The number of halogens is 1. The van der Waals surface area contributed by atoms with Gasteiger partial charge in [0.2, 0.25) is 0 Å². The summed E-state index contributed by atoms with van der Waals surface area (Å²) in [6, 6.07) is 9.41. The Bertz CT molecular complexity index is 241. The fourth-order valence-corrected chi connectivity index (χ4v) is 2.13. The van der Waals surface area contributed by atoms with Gasteiger partial charge in [0.1, 0.15) is 5.75 Å². The van der Waals surface area contributed by atoms with E-state index >= 15 is 0 Å². The molecule has 1 rings (SSSR count). The minimum absolute atomic E-state index is 0.0901. The molecule has 1 aromatic carbocycles. The molecule has 0 amide bonds. The minimum Gasteiger partial charge on any atom is -0.436 e. The first-order valence-corrected chi connectivity index (χ1v) is 6.12. The van der Waals surface area contributed by atoms with E-state index in [-0.39, 0.29) is 6.10 Å². The standard InChI is InChI=1S/C9H12ClO2P/c1-8(2)11-13(10)12-9-6-4-3-5-7-9/h3-8H,1-2H3. The highest BCUT2D eigenvalue weighted by Crippen LogP contribution is 2.45. The Balaban J connectivity index is 2.41. The molecule has 72 valence electrons. The minimum atomic E-state index is -1.32. The maximum atomic E-state index is 5.83. The molecule has 0 saturated heterocycles. The number of hydrogen-bond acceptors (Lipinski definition) is 2. The van der Waals surface area contributed by atoms with Crippen molar-refractivity contribution in [1.29, 1.82) is 0 Å². The van der Waals surface area contributed by atoms with E-state index in [4.69, 9.17) is 20.3 Å². The Kier molecular flexibility index (Phi) is 4.51. The van der Waals surface area contributed by atoms with Crippen LogP contribution >= 0.6 is 19.0 Å². The first kappa shape index (κ1) is 10.8. The van der Waals surface area contributed by atoms with Crippen molar-refractivity contribution in [3.8, 4) is 5.75 Å². The fraction of sp³-hybridized carbons (Fsp3) is 0.333. The van der Waals surface area contributed by atoms with Gasteiger partial charge < -0.3 is 9.05 Å². The van der Waals surface area contributed by atoms with Crippen molar-refractivity contribution in [3.63, 3.8) is 0 Å². The first-order chi connectivity index (χ1) is 6.18. The second kappa shape index (κ2) is 5.43. The van der Waals surface area contributed by atoms with E-state index in [1.807, 2.05) is 44.2 Å². The van der Waals surface area contributed by atoms with Crippen LogP contribution in [0.15, 0.2) is 30.3 Å². The van der Waals surface area contributed by atoms with Crippen LogP contribution in [-0.2, 0) is 4.52 Å². The molecule has 0 N–H and O–H groups in total. The second-order valence-corrected chi connectivity index (χ2v) is 4.42. The number of benzene rings is 1. The van der Waals surface area contributed by atoms with Gasteiger partial charge in [-0.2, -0.15) is 0 Å². The molecule has 1 atom stereocenters. The van der Waals surface area contributed by atoms with E-state index in [1.54, 1.807) is 0 Å². The van der Waals surface area contributed by atoms with Gasteiger partial charge in [0.25, 0.3) is 0 Å². The molecule has 0 aliphatic heterocycles. The zero-order chi connectivity index (χ0) is 9.68. The fourth-order valence-electron chi connectivity index (χ4n) is 0.751. The zero-order valence-corrected chi connectivity index (χ0v) is 9.26. The summed E-state index contributed by atoms with van der Waals surface area (Å²) in [6.07, 6.45) is 0.0901. The van der Waals surface area contributed by atoms with Gasteiger partial charge in [0.15, 0.2) is 0 Å². The van der Waals surface area contributed by atoms with Gasteiger partial charge >= 0.3 is 7.73 Å². The van der Waals surface area contributed by atoms with Crippen LogP contribution in [0.3, 0.4) is 0 Å². The molecular weight excluding hydrogens is 207 g/mol. The monoisotopic (exact) mass is 218 g/mol. The summed E-state index contributed by atoms with van der Waals surface area (Å²) in [5.74, 6) is 0.740. The molecule has 13 heavy (non-hydrogen) atoms. The van der Waals surface area contributed by atoms with Crippen LogP contribution in [0, 0.1) is 0 Å². The van der Waals surface area contributed by atoms with Crippen LogP contribution < -0.4 is 4.52 Å². The van der Waals surface area contributed by atoms with Crippen molar-refractivity contribution in [2.24, 2.45) is 0 Å². The predicted molar refractivity (Wildman–Crippen MR) is 56.1 cm³/mol. The van der Waals surface area contributed by atoms with E-state index in [1.165, 1.54) is 0 Å². The van der Waals surface area contributed by atoms with Gasteiger partial charge in [-0.05, 0) is 37.2 Å². The van der Waals surface area contributed by atoms with Crippen LogP contribution in [0.25, 0.3) is 0 Å². The average Bonchev–Trinajstić information content (AvgIpc) is 2.04. The van der Waals surface area contributed by atoms with Gasteiger partial charge in [-0.3, -0.25) is 0 Å². The maximum absolute atomic E-state index is 5.83. The van der Waals surface area contributed by atoms with Gasteiger partial charge in [-0.15, -0.1) is 0 Å². The van der Waals surface area contributed by atoms with E-state index in [2.05, 4.69) is 0 Å². The van der Waals surface area contributed by atoms with Crippen molar-refractivity contribution >= 4 is 19.0 Å². The highest BCUT2D eigenvalue weighted by Gasteiger charge is 2.10. The topological polar surface area (TPSA) is 18.5 Å². The molecule has 0 aliphatic carbocycles. The Morgan fingerprint density at radius 2 is 1.85 bits per heavy atom. The predicted octanol–water partition coefficient (Wildman–Crippen LogP) is 3.96. The van der Waals surface area contributed by atoms with Crippen molar-refractivity contribution < 1.29 is 9.05 Å². The molecule has 0 bridgehead atoms. The van der Waals surface area contributed by atoms with Gasteiger partial charge in [-0.1, -0.05) is 18.2 Å². The Morgan fingerprint density at radius 3 is 2.38 bits per heavy atom. The summed E-state index contributed by atoms with van der Waals surface area (Å²) in [6.45, 7) is 3.85. The molecule has 0 spiro atoms. The molecular formula is C9H12ClO2P. The van der Waals surface area contributed by atoms with Crippen molar-refractivity contribution in [2.45, 2.75) is 20.0 Å². The lowest BCUT2D eigenvalue weighted by Crippen LogP contribution is -1.97. The van der Waals surface area contributed by atoms with Crippen LogP contribution in [0.1, 0.15) is 13.8 Å². The molecule has 2 nitrogen and oxygen atoms in total. The zero-order valence-electron chi connectivity index (χ0n) is 7.61. The molecule has 4 heteroatoms. The maximum Gasteiger partial charge on any atom is 0.338 e. The largest absolute Gasteiger partial charge is 0.436 e.